The zero-order chi connectivity index (χ0) is 10.6. The minimum Gasteiger partial charge on any atom is -0.354 e. The van der Waals surface area contributed by atoms with E-state index in [1.54, 1.807) is 6.92 Å². The fourth-order valence-electron chi connectivity index (χ4n) is 2.15. The van der Waals surface area contributed by atoms with Gasteiger partial charge in [-0.15, -0.1) is 0 Å². The molecule has 0 aliphatic heterocycles. The maximum Gasteiger partial charge on any atom is 0.236 e. The zero-order valence-electron chi connectivity index (χ0n) is 9.25. The first-order valence-corrected chi connectivity index (χ1v) is 5.63. The largest absolute Gasteiger partial charge is 0.354 e. The standard InChI is InChI=1S/C11H22N2O/c1-8-4-3-5-10(6-8)7-13-11(14)9(2)12/h8-10H,3-7,12H2,1-2H3,(H,13,14)/t8?,9-,10?/m0/s1. The molecule has 1 aliphatic carbocycles. The maximum absolute atomic E-state index is 11.2. The van der Waals surface area contributed by atoms with Crippen LogP contribution >= 0.6 is 0 Å². The maximum atomic E-state index is 11.2. The fraction of sp³-hybridized carbons (Fsp3) is 0.909. The van der Waals surface area contributed by atoms with Crippen molar-refractivity contribution in [1.82, 2.24) is 5.32 Å². The summed E-state index contributed by atoms with van der Waals surface area (Å²) >= 11 is 0. The van der Waals surface area contributed by atoms with Crippen molar-refractivity contribution in [3.8, 4) is 0 Å². The van der Waals surface area contributed by atoms with Crippen LogP contribution in [0.3, 0.4) is 0 Å². The molecule has 1 amide bonds. The van der Waals surface area contributed by atoms with Crippen LogP contribution in [0.15, 0.2) is 0 Å². The molecule has 0 aromatic heterocycles. The van der Waals surface area contributed by atoms with Gasteiger partial charge in [0.2, 0.25) is 5.91 Å². The van der Waals surface area contributed by atoms with Crippen LogP contribution in [0.5, 0.6) is 0 Å². The first-order valence-electron chi connectivity index (χ1n) is 5.63. The highest BCUT2D eigenvalue weighted by Crippen LogP contribution is 2.27. The van der Waals surface area contributed by atoms with Crippen molar-refractivity contribution in [3.63, 3.8) is 0 Å². The van der Waals surface area contributed by atoms with E-state index < -0.39 is 0 Å². The lowest BCUT2D eigenvalue weighted by molar-refractivity contribution is -0.122. The highest BCUT2D eigenvalue weighted by Gasteiger charge is 2.19. The van der Waals surface area contributed by atoms with Crippen LogP contribution in [-0.4, -0.2) is 18.5 Å². The summed E-state index contributed by atoms with van der Waals surface area (Å²) in [4.78, 5) is 11.2. The van der Waals surface area contributed by atoms with Crippen molar-refractivity contribution in [2.45, 2.75) is 45.6 Å². The molecule has 2 unspecified atom stereocenters. The molecule has 82 valence electrons. The van der Waals surface area contributed by atoms with Crippen LogP contribution in [0.1, 0.15) is 39.5 Å². The predicted octanol–water partition coefficient (Wildman–Crippen LogP) is 1.28. The lowest BCUT2D eigenvalue weighted by atomic mass is 9.82. The van der Waals surface area contributed by atoms with Crippen molar-refractivity contribution >= 4 is 5.91 Å². The molecule has 3 nitrogen and oxygen atoms in total. The highest BCUT2D eigenvalue weighted by atomic mass is 16.2. The van der Waals surface area contributed by atoms with E-state index in [2.05, 4.69) is 12.2 Å². The molecule has 3 N–H and O–H groups in total. The van der Waals surface area contributed by atoms with E-state index in [0.717, 1.165) is 12.5 Å². The lowest BCUT2D eigenvalue weighted by Crippen LogP contribution is -2.41. The van der Waals surface area contributed by atoms with E-state index in [1.807, 2.05) is 0 Å². The van der Waals surface area contributed by atoms with Crippen LogP contribution in [0.2, 0.25) is 0 Å². The third-order valence-electron chi connectivity index (χ3n) is 3.02. The average Bonchev–Trinajstić information content (AvgIpc) is 2.14. The Labute approximate surface area is 86.4 Å². The second-order valence-corrected chi connectivity index (χ2v) is 4.67. The molecule has 0 bridgehead atoms. The van der Waals surface area contributed by atoms with Gasteiger partial charge in [-0.2, -0.15) is 0 Å². The van der Waals surface area contributed by atoms with E-state index in [9.17, 15) is 4.79 Å². The first kappa shape index (κ1) is 11.5. The Balaban J connectivity index is 2.20. The molecular weight excluding hydrogens is 176 g/mol. The molecule has 3 heteroatoms. The van der Waals surface area contributed by atoms with Gasteiger partial charge in [-0.05, 0) is 31.6 Å². The van der Waals surface area contributed by atoms with Gasteiger partial charge in [0.1, 0.15) is 0 Å². The van der Waals surface area contributed by atoms with Gasteiger partial charge >= 0.3 is 0 Å². The number of carbonyl (C=O) groups excluding carboxylic acids is 1. The second kappa shape index (κ2) is 5.35. The first-order chi connectivity index (χ1) is 6.59. The van der Waals surface area contributed by atoms with E-state index in [4.69, 9.17) is 5.73 Å². The molecule has 0 heterocycles. The van der Waals surface area contributed by atoms with Crippen LogP contribution < -0.4 is 11.1 Å². The summed E-state index contributed by atoms with van der Waals surface area (Å²) in [7, 11) is 0. The fourth-order valence-corrected chi connectivity index (χ4v) is 2.15. The molecule has 0 aromatic carbocycles. The minimum absolute atomic E-state index is 0.0248. The molecule has 1 rings (SSSR count). The molecular formula is C11H22N2O. The summed E-state index contributed by atoms with van der Waals surface area (Å²) in [6.45, 7) is 4.82. The third-order valence-corrected chi connectivity index (χ3v) is 3.02. The number of nitrogens with one attached hydrogen (secondary N) is 1. The Morgan fingerprint density at radius 1 is 1.57 bits per heavy atom. The van der Waals surface area contributed by atoms with E-state index in [1.165, 1.54) is 25.7 Å². The van der Waals surface area contributed by atoms with Crippen LogP contribution in [0.25, 0.3) is 0 Å². The Morgan fingerprint density at radius 2 is 2.29 bits per heavy atom. The second-order valence-electron chi connectivity index (χ2n) is 4.67. The van der Waals surface area contributed by atoms with Gasteiger partial charge in [0.25, 0.3) is 0 Å². The Hall–Kier alpha value is -0.570. The molecule has 0 spiro atoms. The summed E-state index contributed by atoms with van der Waals surface area (Å²) < 4.78 is 0. The number of amides is 1. The molecule has 14 heavy (non-hydrogen) atoms. The van der Waals surface area contributed by atoms with E-state index in [-0.39, 0.29) is 11.9 Å². The number of rotatable bonds is 3. The SMILES string of the molecule is CC1CCCC(CNC(=O)[C@H](C)N)C1. The Kier molecular flexibility index (Phi) is 4.39. The number of nitrogens with two attached hydrogens (primary N) is 1. The summed E-state index contributed by atoms with van der Waals surface area (Å²) in [5, 5.41) is 2.91. The molecule has 3 atom stereocenters. The monoisotopic (exact) mass is 198 g/mol. The summed E-state index contributed by atoms with van der Waals surface area (Å²) in [5.41, 5.74) is 5.47. The quantitative estimate of drug-likeness (QED) is 0.717. The van der Waals surface area contributed by atoms with Gasteiger partial charge in [0, 0.05) is 6.54 Å². The van der Waals surface area contributed by atoms with Crippen molar-refractivity contribution in [3.05, 3.63) is 0 Å². The van der Waals surface area contributed by atoms with Gasteiger partial charge in [0.05, 0.1) is 6.04 Å². The summed E-state index contributed by atoms with van der Waals surface area (Å²) in [5.74, 6) is 1.46. The molecule has 0 radical (unpaired) electrons. The van der Waals surface area contributed by atoms with Crippen LogP contribution in [0.4, 0.5) is 0 Å². The van der Waals surface area contributed by atoms with Crippen molar-refractivity contribution in [2.75, 3.05) is 6.54 Å². The van der Waals surface area contributed by atoms with E-state index >= 15 is 0 Å². The topological polar surface area (TPSA) is 55.1 Å². The molecule has 1 aliphatic rings. The Morgan fingerprint density at radius 3 is 2.86 bits per heavy atom. The molecule has 1 saturated carbocycles. The van der Waals surface area contributed by atoms with Crippen LogP contribution in [0, 0.1) is 11.8 Å². The highest BCUT2D eigenvalue weighted by molar-refractivity contribution is 5.80. The molecule has 0 saturated heterocycles. The lowest BCUT2D eigenvalue weighted by Gasteiger charge is -2.26. The van der Waals surface area contributed by atoms with Crippen LogP contribution in [-0.2, 0) is 4.79 Å². The third kappa shape index (κ3) is 3.66. The molecule has 1 fully saturated rings. The van der Waals surface area contributed by atoms with Crippen molar-refractivity contribution in [1.29, 1.82) is 0 Å². The minimum atomic E-state index is -0.379. The van der Waals surface area contributed by atoms with Gasteiger partial charge in [-0.1, -0.05) is 19.8 Å². The van der Waals surface area contributed by atoms with Crippen molar-refractivity contribution < 1.29 is 4.79 Å². The Bertz CT molecular complexity index is 192. The van der Waals surface area contributed by atoms with Gasteiger partial charge < -0.3 is 11.1 Å². The van der Waals surface area contributed by atoms with Gasteiger partial charge in [-0.3, -0.25) is 4.79 Å². The van der Waals surface area contributed by atoms with E-state index in [0.29, 0.717) is 5.92 Å². The summed E-state index contributed by atoms with van der Waals surface area (Å²) in [6.07, 6.45) is 5.15. The normalized spacial score (nSPS) is 29.6. The smallest absolute Gasteiger partial charge is 0.236 e. The summed E-state index contributed by atoms with van der Waals surface area (Å²) in [6, 6.07) is -0.379. The van der Waals surface area contributed by atoms with Crippen molar-refractivity contribution in [2.24, 2.45) is 17.6 Å². The average molecular weight is 198 g/mol. The number of hydrogen-bond acceptors (Lipinski definition) is 2. The molecule has 0 aromatic rings. The number of carbonyl (C=O) groups is 1. The number of hydrogen-bond donors (Lipinski definition) is 2. The predicted molar refractivity (Wildman–Crippen MR) is 57.8 cm³/mol. The van der Waals surface area contributed by atoms with Gasteiger partial charge in [0.15, 0.2) is 0 Å². The van der Waals surface area contributed by atoms with Gasteiger partial charge in [-0.25, -0.2) is 0 Å². The zero-order valence-corrected chi connectivity index (χ0v) is 9.25.